The van der Waals surface area contributed by atoms with Crippen LogP contribution in [0.25, 0.3) is 0 Å². The number of carbonyl (C=O) groups excluding carboxylic acids is 2. The highest BCUT2D eigenvalue weighted by molar-refractivity contribution is 5.95. The van der Waals surface area contributed by atoms with Crippen molar-refractivity contribution in [1.29, 1.82) is 0 Å². The normalized spacial score (nSPS) is 14.9. The molecule has 154 valence electrons. The lowest BCUT2D eigenvalue weighted by atomic mass is 9.97. The third-order valence-corrected chi connectivity index (χ3v) is 4.84. The first-order valence-electron chi connectivity index (χ1n) is 9.47. The van der Waals surface area contributed by atoms with Crippen molar-refractivity contribution in [1.82, 2.24) is 10.6 Å². The van der Waals surface area contributed by atoms with Crippen molar-refractivity contribution in [2.45, 2.75) is 38.5 Å². The zero-order valence-corrected chi connectivity index (χ0v) is 16.4. The number of benzene rings is 2. The standard InChI is InChI=1S/C22H26N2O5/c1-3-14(2)17(22(28)29)23-21(27)19(25)18(15-10-6-4-7-11-15)24-20(26)16-12-8-5-9-13-16/h4-14,17-19,25H,3H2,1-2H3,(H,23,27)(H,24,26)(H,28,29)/t14-,17-,18-,19+/m0/s1. The van der Waals surface area contributed by atoms with Gasteiger partial charge in [0.1, 0.15) is 6.04 Å². The van der Waals surface area contributed by atoms with Crippen molar-refractivity contribution < 1.29 is 24.6 Å². The maximum atomic E-state index is 12.6. The van der Waals surface area contributed by atoms with Crippen LogP contribution < -0.4 is 10.6 Å². The largest absolute Gasteiger partial charge is 0.480 e. The van der Waals surface area contributed by atoms with Crippen LogP contribution in [-0.2, 0) is 9.59 Å². The van der Waals surface area contributed by atoms with Crippen LogP contribution in [0.5, 0.6) is 0 Å². The number of carboxylic acids is 1. The Hall–Kier alpha value is -3.19. The van der Waals surface area contributed by atoms with Crippen molar-refractivity contribution in [3.8, 4) is 0 Å². The second-order valence-corrected chi connectivity index (χ2v) is 6.88. The minimum absolute atomic E-state index is 0.322. The summed E-state index contributed by atoms with van der Waals surface area (Å²) in [6.07, 6.45) is -1.13. The van der Waals surface area contributed by atoms with Crippen LogP contribution in [0.15, 0.2) is 60.7 Å². The molecule has 4 N–H and O–H groups in total. The molecule has 0 saturated carbocycles. The van der Waals surface area contributed by atoms with E-state index in [-0.39, 0.29) is 5.92 Å². The van der Waals surface area contributed by atoms with Gasteiger partial charge in [0.2, 0.25) is 0 Å². The first-order chi connectivity index (χ1) is 13.8. The van der Waals surface area contributed by atoms with E-state index in [9.17, 15) is 24.6 Å². The minimum atomic E-state index is -1.67. The molecule has 0 spiro atoms. The summed E-state index contributed by atoms with van der Waals surface area (Å²) in [7, 11) is 0. The van der Waals surface area contributed by atoms with Crippen LogP contribution in [0.3, 0.4) is 0 Å². The second kappa shape index (κ2) is 10.4. The Morgan fingerprint density at radius 1 is 0.931 bits per heavy atom. The molecule has 2 aromatic rings. The van der Waals surface area contributed by atoms with Gasteiger partial charge in [0.25, 0.3) is 11.8 Å². The Labute approximate surface area is 169 Å². The maximum absolute atomic E-state index is 12.6. The molecule has 2 rings (SSSR count). The van der Waals surface area contributed by atoms with Crippen LogP contribution in [-0.4, -0.2) is 40.1 Å². The molecule has 7 nitrogen and oxygen atoms in total. The van der Waals surface area contributed by atoms with Gasteiger partial charge in [0.05, 0.1) is 6.04 Å². The van der Waals surface area contributed by atoms with Crippen molar-refractivity contribution in [2.24, 2.45) is 5.92 Å². The Bertz CT molecular complexity index is 826. The van der Waals surface area contributed by atoms with E-state index < -0.39 is 36.0 Å². The first-order valence-corrected chi connectivity index (χ1v) is 9.47. The number of carbonyl (C=O) groups is 3. The molecular formula is C22H26N2O5. The quantitative estimate of drug-likeness (QED) is 0.516. The molecule has 0 radical (unpaired) electrons. The number of nitrogens with one attached hydrogen (secondary N) is 2. The molecule has 0 saturated heterocycles. The lowest BCUT2D eigenvalue weighted by Gasteiger charge is -2.27. The average molecular weight is 398 g/mol. The summed E-state index contributed by atoms with van der Waals surface area (Å²) < 4.78 is 0. The van der Waals surface area contributed by atoms with Crippen molar-refractivity contribution in [2.75, 3.05) is 0 Å². The first kappa shape index (κ1) is 22.1. The minimum Gasteiger partial charge on any atom is -0.480 e. The molecule has 0 fully saturated rings. The molecule has 0 unspecified atom stereocenters. The molecule has 2 aromatic carbocycles. The number of aliphatic hydroxyl groups excluding tert-OH is 1. The Balaban J connectivity index is 2.24. The summed E-state index contributed by atoms with van der Waals surface area (Å²) in [4.78, 5) is 36.7. The smallest absolute Gasteiger partial charge is 0.326 e. The number of carboxylic acid groups (broad SMARTS) is 1. The van der Waals surface area contributed by atoms with Gasteiger partial charge >= 0.3 is 5.97 Å². The second-order valence-electron chi connectivity index (χ2n) is 6.88. The number of aliphatic hydroxyl groups is 1. The molecule has 0 aliphatic rings. The van der Waals surface area contributed by atoms with E-state index in [2.05, 4.69) is 10.6 Å². The predicted octanol–water partition coefficient (Wildman–Crippen LogP) is 2.13. The molecule has 0 bridgehead atoms. The van der Waals surface area contributed by atoms with E-state index in [1.807, 2.05) is 6.92 Å². The van der Waals surface area contributed by atoms with Gasteiger partial charge in [-0.3, -0.25) is 9.59 Å². The molecule has 2 amide bonds. The lowest BCUT2D eigenvalue weighted by molar-refractivity contribution is -0.145. The van der Waals surface area contributed by atoms with Crippen molar-refractivity contribution in [3.63, 3.8) is 0 Å². The van der Waals surface area contributed by atoms with Crippen LogP contribution in [0.2, 0.25) is 0 Å². The fraction of sp³-hybridized carbons (Fsp3) is 0.318. The summed E-state index contributed by atoms with van der Waals surface area (Å²) in [6, 6.07) is 14.8. The highest BCUT2D eigenvalue weighted by atomic mass is 16.4. The van der Waals surface area contributed by atoms with Gasteiger partial charge in [0.15, 0.2) is 6.10 Å². The van der Waals surface area contributed by atoms with E-state index in [4.69, 9.17) is 0 Å². The predicted molar refractivity (Wildman–Crippen MR) is 108 cm³/mol. The molecular weight excluding hydrogens is 372 g/mol. The lowest BCUT2D eigenvalue weighted by Crippen LogP contribution is -2.52. The fourth-order valence-electron chi connectivity index (χ4n) is 2.89. The summed E-state index contributed by atoms with van der Waals surface area (Å²) in [5, 5.41) is 25.2. The zero-order chi connectivity index (χ0) is 21.4. The number of amides is 2. The fourth-order valence-corrected chi connectivity index (χ4v) is 2.89. The highest BCUT2D eigenvalue weighted by Gasteiger charge is 2.33. The average Bonchev–Trinajstić information content (AvgIpc) is 2.75. The number of hydrogen-bond acceptors (Lipinski definition) is 4. The van der Waals surface area contributed by atoms with E-state index >= 15 is 0 Å². The third kappa shape index (κ3) is 5.89. The monoisotopic (exact) mass is 398 g/mol. The van der Waals surface area contributed by atoms with E-state index in [0.717, 1.165) is 0 Å². The third-order valence-electron chi connectivity index (χ3n) is 4.84. The Morgan fingerprint density at radius 3 is 2.00 bits per heavy atom. The van der Waals surface area contributed by atoms with Gasteiger partial charge in [-0.2, -0.15) is 0 Å². The Kier molecular flexibility index (Phi) is 7.91. The SMILES string of the molecule is CC[C@H](C)[C@H](NC(=O)[C@H](O)[C@@H](NC(=O)c1ccccc1)c1ccccc1)C(=O)O. The van der Waals surface area contributed by atoms with Gasteiger partial charge in [-0.05, 0) is 23.6 Å². The highest BCUT2D eigenvalue weighted by Crippen LogP contribution is 2.19. The molecule has 29 heavy (non-hydrogen) atoms. The van der Waals surface area contributed by atoms with Gasteiger partial charge in [0, 0.05) is 5.56 Å². The Morgan fingerprint density at radius 2 is 1.48 bits per heavy atom. The van der Waals surface area contributed by atoms with Crippen LogP contribution in [0.1, 0.15) is 42.2 Å². The van der Waals surface area contributed by atoms with Gasteiger partial charge in [-0.1, -0.05) is 68.8 Å². The molecule has 7 heteroatoms. The summed E-state index contributed by atoms with van der Waals surface area (Å²) in [5.41, 5.74) is 0.902. The van der Waals surface area contributed by atoms with Crippen LogP contribution in [0, 0.1) is 5.92 Å². The summed E-state index contributed by atoms with van der Waals surface area (Å²) in [6.45, 7) is 3.52. The topological polar surface area (TPSA) is 116 Å². The molecule has 0 aromatic heterocycles. The summed E-state index contributed by atoms with van der Waals surface area (Å²) >= 11 is 0. The molecule has 0 aliphatic heterocycles. The molecule has 4 atom stereocenters. The van der Waals surface area contributed by atoms with Crippen molar-refractivity contribution >= 4 is 17.8 Å². The van der Waals surface area contributed by atoms with E-state index in [1.54, 1.807) is 67.6 Å². The van der Waals surface area contributed by atoms with E-state index in [0.29, 0.717) is 17.5 Å². The van der Waals surface area contributed by atoms with Crippen LogP contribution >= 0.6 is 0 Å². The maximum Gasteiger partial charge on any atom is 0.326 e. The number of aliphatic carboxylic acids is 1. The zero-order valence-electron chi connectivity index (χ0n) is 16.4. The number of hydrogen-bond donors (Lipinski definition) is 4. The summed E-state index contributed by atoms with van der Waals surface area (Å²) in [5.74, 6) is -2.81. The molecule has 0 aliphatic carbocycles. The van der Waals surface area contributed by atoms with Gasteiger partial charge < -0.3 is 20.8 Å². The van der Waals surface area contributed by atoms with Crippen molar-refractivity contribution in [3.05, 3.63) is 71.8 Å². The van der Waals surface area contributed by atoms with E-state index in [1.165, 1.54) is 0 Å². The number of rotatable bonds is 9. The van der Waals surface area contributed by atoms with Crippen LogP contribution in [0.4, 0.5) is 0 Å². The molecule has 0 heterocycles. The van der Waals surface area contributed by atoms with Gasteiger partial charge in [-0.15, -0.1) is 0 Å². The van der Waals surface area contributed by atoms with Gasteiger partial charge in [-0.25, -0.2) is 4.79 Å².